The lowest BCUT2D eigenvalue weighted by Gasteiger charge is -2.41. The van der Waals surface area contributed by atoms with Crippen molar-refractivity contribution in [1.82, 2.24) is 0 Å². The molecule has 0 heterocycles. The molecule has 4 nitrogen and oxygen atoms in total. The first-order valence-electron chi connectivity index (χ1n) is 11.7. The highest BCUT2D eigenvalue weighted by molar-refractivity contribution is 8.17. The Morgan fingerprint density at radius 3 is 1.91 bits per heavy atom. The normalized spacial score (nSPS) is 24.7. The third-order valence-electron chi connectivity index (χ3n) is 8.19. The smallest absolute Gasteiger partial charge is 0.273 e. The highest BCUT2D eigenvalue weighted by Gasteiger charge is 2.69. The van der Waals surface area contributed by atoms with E-state index in [0.717, 1.165) is 21.1 Å². The van der Waals surface area contributed by atoms with Gasteiger partial charge < -0.3 is 0 Å². The van der Waals surface area contributed by atoms with E-state index in [1.54, 1.807) is 6.07 Å². The molecule has 178 valence electrons. The van der Waals surface area contributed by atoms with Gasteiger partial charge in [-0.1, -0.05) is 62.4 Å². The summed E-state index contributed by atoms with van der Waals surface area (Å²) >= 11 is 0. The standard InChI is InChI=1S/C28H30O4S2/c1-27(2)21-16-17-28(27,25(29)19-21)26(34(30,31)32)20-10-9-15-24(18-20)33(22-11-5-3-6-12-22)23-13-7-4-8-14-23/h3-15,18,21,26,33H,16-17,19H2,1-2H3,(H,30,31,32). The van der Waals surface area contributed by atoms with E-state index in [-0.39, 0.29) is 11.7 Å². The molecule has 0 aromatic heterocycles. The molecule has 0 spiro atoms. The number of benzene rings is 3. The summed E-state index contributed by atoms with van der Waals surface area (Å²) in [5.41, 5.74) is -1.10. The second-order valence-corrected chi connectivity index (χ2v) is 13.8. The highest BCUT2D eigenvalue weighted by Crippen LogP contribution is 2.70. The highest BCUT2D eigenvalue weighted by atomic mass is 32.2. The molecule has 2 aliphatic carbocycles. The van der Waals surface area contributed by atoms with Crippen LogP contribution in [0.2, 0.25) is 0 Å². The van der Waals surface area contributed by atoms with E-state index in [1.807, 2.05) is 68.4 Å². The summed E-state index contributed by atoms with van der Waals surface area (Å²) in [4.78, 5) is 16.6. The largest absolute Gasteiger partial charge is 0.299 e. The van der Waals surface area contributed by atoms with Crippen molar-refractivity contribution in [1.29, 1.82) is 0 Å². The topological polar surface area (TPSA) is 71.4 Å². The molecule has 3 unspecified atom stereocenters. The molecule has 2 bridgehead atoms. The van der Waals surface area contributed by atoms with Gasteiger partial charge in [0.2, 0.25) is 0 Å². The number of Topliss-reactive ketones (excluding diaryl/α,β-unsaturated/α-hetero) is 1. The van der Waals surface area contributed by atoms with Gasteiger partial charge in [-0.2, -0.15) is 19.3 Å². The van der Waals surface area contributed by atoms with Crippen LogP contribution in [0.25, 0.3) is 0 Å². The summed E-state index contributed by atoms with van der Waals surface area (Å²) < 4.78 is 36.5. The van der Waals surface area contributed by atoms with Crippen molar-refractivity contribution in [3.8, 4) is 0 Å². The molecular weight excluding hydrogens is 464 g/mol. The van der Waals surface area contributed by atoms with Crippen LogP contribution in [-0.4, -0.2) is 18.8 Å². The summed E-state index contributed by atoms with van der Waals surface area (Å²) in [6.45, 7) is 4.00. The van der Waals surface area contributed by atoms with Crippen molar-refractivity contribution in [3.63, 3.8) is 0 Å². The van der Waals surface area contributed by atoms with Crippen LogP contribution < -0.4 is 0 Å². The Balaban J connectivity index is 1.69. The lowest BCUT2D eigenvalue weighted by Crippen LogP contribution is -2.44. The number of hydrogen-bond donors (Lipinski definition) is 2. The number of hydrogen-bond acceptors (Lipinski definition) is 3. The third kappa shape index (κ3) is 3.55. The van der Waals surface area contributed by atoms with E-state index >= 15 is 0 Å². The molecule has 34 heavy (non-hydrogen) atoms. The van der Waals surface area contributed by atoms with Gasteiger partial charge in [0.05, 0.1) is 5.41 Å². The van der Waals surface area contributed by atoms with Crippen molar-refractivity contribution in [2.75, 3.05) is 0 Å². The molecule has 5 rings (SSSR count). The van der Waals surface area contributed by atoms with Gasteiger partial charge in [0.25, 0.3) is 10.1 Å². The SMILES string of the molecule is CC1(C)C2CCC1(C(c1cccc([SH](c3ccccc3)c3ccccc3)c1)S(=O)(=O)O)C(=O)C2. The Morgan fingerprint density at radius 1 is 0.882 bits per heavy atom. The zero-order valence-corrected chi connectivity index (χ0v) is 21.1. The predicted octanol–water partition coefficient (Wildman–Crippen LogP) is 6.49. The van der Waals surface area contributed by atoms with Crippen molar-refractivity contribution in [2.45, 2.75) is 53.0 Å². The molecule has 6 heteroatoms. The molecule has 0 amide bonds. The van der Waals surface area contributed by atoms with Crippen molar-refractivity contribution >= 4 is 26.8 Å². The van der Waals surface area contributed by atoms with E-state index in [2.05, 4.69) is 24.3 Å². The lowest BCUT2D eigenvalue weighted by molar-refractivity contribution is -0.129. The van der Waals surface area contributed by atoms with Gasteiger partial charge >= 0.3 is 0 Å². The Hall–Kier alpha value is -2.41. The molecule has 3 aromatic rings. The van der Waals surface area contributed by atoms with Crippen molar-refractivity contribution in [3.05, 3.63) is 90.5 Å². The summed E-state index contributed by atoms with van der Waals surface area (Å²) in [6, 6.07) is 27.9. The van der Waals surface area contributed by atoms with E-state index in [4.69, 9.17) is 0 Å². The lowest BCUT2D eigenvalue weighted by atomic mass is 9.65. The average molecular weight is 495 g/mol. The second-order valence-electron chi connectivity index (χ2n) is 10.1. The number of thiol groups is 1. The van der Waals surface area contributed by atoms with Crippen LogP contribution in [-0.2, 0) is 14.9 Å². The van der Waals surface area contributed by atoms with Gasteiger partial charge in [0.1, 0.15) is 11.0 Å². The van der Waals surface area contributed by atoms with E-state index in [1.165, 1.54) is 0 Å². The quantitative estimate of drug-likeness (QED) is 0.304. The predicted molar refractivity (Wildman–Crippen MR) is 136 cm³/mol. The van der Waals surface area contributed by atoms with E-state index in [0.29, 0.717) is 18.4 Å². The first-order chi connectivity index (χ1) is 16.2. The number of rotatable bonds is 6. The summed E-state index contributed by atoms with van der Waals surface area (Å²) in [6.07, 6.45) is 1.69. The number of carbonyl (C=O) groups excluding carboxylic acids is 1. The maximum atomic E-state index is 13.3. The Morgan fingerprint density at radius 2 is 1.44 bits per heavy atom. The molecular formula is C28H30O4S2. The number of ketones is 1. The Kier molecular flexibility index (Phi) is 5.74. The molecule has 2 saturated carbocycles. The Bertz CT molecular complexity index is 1280. The molecule has 2 fully saturated rings. The minimum atomic E-state index is -4.53. The van der Waals surface area contributed by atoms with E-state index in [9.17, 15) is 17.8 Å². The maximum Gasteiger partial charge on any atom is 0.273 e. The minimum Gasteiger partial charge on any atom is -0.299 e. The van der Waals surface area contributed by atoms with Crippen LogP contribution in [0.5, 0.6) is 0 Å². The second kappa shape index (κ2) is 8.36. The van der Waals surface area contributed by atoms with Crippen LogP contribution in [0.4, 0.5) is 0 Å². The van der Waals surface area contributed by atoms with E-state index < -0.39 is 37.1 Å². The minimum absolute atomic E-state index is 0.0323. The van der Waals surface area contributed by atoms with Gasteiger partial charge in [-0.15, -0.1) is 0 Å². The molecule has 0 aliphatic heterocycles. The molecule has 0 saturated heterocycles. The van der Waals surface area contributed by atoms with Crippen molar-refractivity contribution in [2.24, 2.45) is 16.7 Å². The molecule has 0 radical (unpaired) electrons. The average Bonchev–Trinajstić information content (AvgIpc) is 3.16. The molecule has 3 aromatic carbocycles. The summed E-state index contributed by atoms with van der Waals surface area (Å²) in [5.74, 6) is 0.119. The van der Waals surface area contributed by atoms with Crippen LogP contribution in [0.3, 0.4) is 0 Å². The maximum absolute atomic E-state index is 13.3. The Labute approximate surface area is 204 Å². The fraction of sp³-hybridized carbons (Fsp3) is 0.321. The van der Waals surface area contributed by atoms with Crippen LogP contribution in [0, 0.1) is 16.7 Å². The van der Waals surface area contributed by atoms with Crippen LogP contribution in [0.1, 0.15) is 43.9 Å². The van der Waals surface area contributed by atoms with Gasteiger partial charge in [0.15, 0.2) is 0 Å². The van der Waals surface area contributed by atoms with Crippen molar-refractivity contribution < 1.29 is 17.8 Å². The first-order valence-corrected chi connectivity index (χ1v) is 14.5. The monoisotopic (exact) mass is 494 g/mol. The zero-order valence-electron chi connectivity index (χ0n) is 19.4. The fourth-order valence-electron chi connectivity index (χ4n) is 6.47. The van der Waals surface area contributed by atoms with Gasteiger partial charge in [0, 0.05) is 6.42 Å². The summed E-state index contributed by atoms with van der Waals surface area (Å²) in [5, 5.41) is -1.27. The number of fused-ring (bicyclic) bond motifs is 2. The molecule has 3 atom stereocenters. The number of carbonyl (C=O) groups is 1. The van der Waals surface area contributed by atoms with Gasteiger partial charge in [-0.05, 0) is 80.8 Å². The van der Waals surface area contributed by atoms with Crippen LogP contribution in [0.15, 0.2) is 99.6 Å². The summed E-state index contributed by atoms with van der Waals surface area (Å²) in [7, 11) is -5.48. The fourth-order valence-corrected chi connectivity index (χ4v) is 10.4. The van der Waals surface area contributed by atoms with Crippen LogP contribution >= 0.6 is 10.9 Å². The molecule has 1 N–H and O–H groups in total. The molecule has 2 aliphatic rings. The third-order valence-corrected chi connectivity index (χ3v) is 11.9. The zero-order chi connectivity index (χ0) is 24.1. The van der Waals surface area contributed by atoms with Gasteiger partial charge in [-0.3, -0.25) is 9.35 Å². The van der Waals surface area contributed by atoms with Gasteiger partial charge in [-0.25, -0.2) is 0 Å². The first kappa shape index (κ1) is 23.3.